The van der Waals surface area contributed by atoms with Gasteiger partial charge in [-0.05, 0) is 24.9 Å². The first-order valence-corrected chi connectivity index (χ1v) is 9.12. The Morgan fingerprint density at radius 2 is 2.08 bits per heavy atom. The van der Waals surface area contributed by atoms with Crippen molar-refractivity contribution in [2.45, 2.75) is 32.0 Å². The van der Waals surface area contributed by atoms with Crippen molar-refractivity contribution in [3.8, 4) is 0 Å². The summed E-state index contributed by atoms with van der Waals surface area (Å²) in [5, 5.41) is 11.7. The molecule has 0 spiro atoms. The smallest absolute Gasteiger partial charge is 0.124 e. The summed E-state index contributed by atoms with van der Waals surface area (Å²) in [5.74, 6) is 1.76. The van der Waals surface area contributed by atoms with Crippen LogP contribution >= 0.6 is 0 Å². The van der Waals surface area contributed by atoms with Gasteiger partial charge in [-0.3, -0.25) is 4.90 Å². The number of hydrogen-bond donors (Lipinski definition) is 2. The lowest BCUT2D eigenvalue weighted by atomic mass is 10.0. The lowest BCUT2D eigenvalue weighted by Crippen LogP contribution is -2.48. The Bertz CT molecular complexity index is 638. The fourth-order valence-corrected chi connectivity index (χ4v) is 3.86. The van der Waals surface area contributed by atoms with E-state index in [4.69, 9.17) is 0 Å². The zero-order chi connectivity index (χ0) is 16.2. The molecule has 1 aromatic heterocycles. The number of nitrogens with one attached hydrogen (secondary N) is 2. The Labute approximate surface area is 144 Å². The summed E-state index contributed by atoms with van der Waals surface area (Å²) in [4.78, 5) is 2.58. The van der Waals surface area contributed by atoms with Gasteiger partial charge in [0, 0.05) is 50.7 Å². The second-order valence-corrected chi connectivity index (χ2v) is 7.11. The maximum absolute atomic E-state index is 4.38. The van der Waals surface area contributed by atoms with Gasteiger partial charge in [0.15, 0.2) is 0 Å². The summed E-state index contributed by atoms with van der Waals surface area (Å²) in [6, 6.07) is 13.5. The Hall–Kier alpha value is -1.85. The van der Waals surface area contributed by atoms with Crippen molar-refractivity contribution in [1.29, 1.82) is 0 Å². The monoisotopic (exact) mass is 325 g/mol. The zero-order valence-corrected chi connectivity index (χ0v) is 14.2. The van der Waals surface area contributed by atoms with Crippen LogP contribution in [0.5, 0.6) is 0 Å². The largest absolute Gasteiger partial charge is 0.370 e. The van der Waals surface area contributed by atoms with E-state index in [2.05, 4.69) is 55.6 Å². The Morgan fingerprint density at radius 3 is 3.00 bits per heavy atom. The molecule has 128 valence electrons. The van der Waals surface area contributed by atoms with Crippen molar-refractivity contribution in [3.63, 3.8) is 0 Å². The SMILES string of the molecule is c1ccc(CN2CCC[C@@H](NC[C@@H]3CNc4ccnn4C3)C2)cc1. The van der Waals surface area contributed by atoms with E-state index >= 15 is 0 Å². The summed E-state index contributed by atoms with van der Waals surface area (Å²) < 4.78 is 2.08. The molecule has 0 bridgehead atoms. The van der Waals surface area contributed by atoms with Crippen LogP contribution in [-0.2, 0) is 13.1 Å². The van der Waals surface area contributed by atoms with E-state index in [1.807, 2.05) is 12.3 Å². The molecule has 0 unspecified atom stereocenters. The maximum atomic E-state index is 4.38. The van der Waals surface area contributed by atoms with Crippen molar-refractivity contribution >= 4 is 5.82 Å². The van der Waals surface area contributed by atoms with Crippen molar-refractivity contribution in [2.75, 3.05) is 31.5 Å². The fraction of sp³-hybridized carbons (Fsp3) is 0.526. The van der Waals surface area contributed by atoms with Gasteiger partial charge in [0.05, 0.1) is 6.20 Å². The standard InChI is InChI=1S/C19H27N5/c1-2-5-16(6-3-1)13-23-10-4-7-18(15-23)20-11-17-12-21-19-8-9-22-24(19)14-17/h1-3,5-6,8-9,17-18,20-21H,4,7,10-15H2/t17-,18-/m1/s1. The predicted molar refractivity (Wildman–Crippen MR) is 97.0 cm³/mol. The summed E-state index contributed by atoms with van der Waals surface area (Å²) in [6.07, 6.45) is 4.45. The van der Waals surface area contributed by atoms with Gasteiger partial charge in [-0.25, -0.2) is 4.68 Å². The number of benzene rings is 1. The van der Waals surface area contributed by atoms with E-state index in [-0.39, 0.29) is 0 Å². The Kier molecular flexibility index (Phi) is 4.81. The second kappa shape index (κ2) is 7.36. The molecule has 24 heavy (non-hydrogen) atoms. The van der Waals surface area contributed by atoms with E-state index in [0.717, 1.165) is 38.5 Å². The highest BCUT2D eigenvalue weighted by atomic mass is 15.3. The number of hydrogen-bond acceptors (Lipinski definition) is 4. The highest BCUT2D eigenvalue weighted by Crippen LogP contribution is 2.17. The summed E-state index contributed by atoms with van der Waals surface area (Å²) in [5.41, 5.74) is 1.42. The van der Waals surface area contributed by atoms with Gasteiger partial charge in [0.1, 0.15) is 5.82 Å². The molecule has 2 atom stereocenters. The quantitative estimate of drug-likeness (QED) is 0.884. The molecule has 0 aliphatic carbocycles. The van der Waals surface area contributed by atoms with Crippen LogP contribution in [0.15, 0.2) is 42.6 Å². The van der Waals surface area contributed by atoms with E-state index in [1.54, 1.807) is 0 Å². The molecule has 1 aromatic carbocycles. The van der Waals surface area contributed by atoms with Crippen LogP contribution in [0, 0.1) is 5.92 Å². The van der Waals surface area contributed by atoms with E-state index in [1.165, 1.54) is 24.9 Å². The van der Waals surface area contributed by atoms with Crippen molar-refractivity contribution in [3.05, 3.63) is 48.2 Å². The van der Waals surface area contributed by atoms with Gasteiger partial charge in [0.2, 0.25) is 0 Å². The number of aromatic nitrogens is 2. The van der Waals surface area contributed by atoms with E-state index in [0.29, 0.717) is 12.0 Å². The molecular formula is C19H27N5. The summed E-state index contributed by atoms with van der Waals surface area (Å²) in [6.45, 7) is 6.56. The third-order valence-corrected chi connectivity index (χ3v) is 5.17. The van der Waals surface area contributed by atoms with Crippen LogP contribution in [-0.4, -0.2) is 46.9 Å². The van der Waals surface area contributed by atoms with Gasteiger partial charge in [0.25, 0.3) is 0 Å². The van der Waals surface area contributed by atoms with Gasteiger partial charge in [-0.1, -0.05) is 30.3 Å². The molecule has 2 aromatic rings. The summed E-state index contributed by atoms with van der Waals surface area (Å²) >= 11 is 0. The average Bonchev–Trinajstić information content (AvgIpc) is 3.09. The van der Waals surface area contributed by atoms with Crippen molar-refractivity contribution in [1.82, 2.24) is 20.0 Å². The molecule has 2 aliphatic heterocycles. The second-order valence-electron chi connectivity index (χ2n) is 7.11. The fourth-order valence-electron chi connectivity index (χ4n) is 3.86. The predicted octanol–water partition coefficient (Wildman–Crippen LogP) is 2.18. The third-order valence-electron chi connectivity index (χ3n) is 5.17. The molecule has 0 amide bonds. The van der Waals surface area contributed by atoms with Gasteiger partial charge < -0.3 is 10.6 Å². The molecule has 2 aliphatic rings. The number of rotatable bonds is 5. The first-order chi connectivity index (χ1) is 11.9. The maximum Gasteiger partial charge on any atom is 0.124 e. The average molecular weight is 325 g/mol. The first kappa shape index (κ1) is 15.7. The minimum Gasteiger partial charge on any atom is -0.370 e. The van der Waals surface area contributed by atoms with Crippen LogP contribution < -0.4 is 10.6 Å². The highest BCUT2D eigenvalue weighted by molar-refractivity contribution is 5.35. The summed E-state index contributed by atoms with van der Waals surface area (Å²) in [7, 11) is 0. The zero-order valence-electron chi connectivity index (χ0n) is 14.2. The minimum absolute atomic E-state index is 0.612. The van der Waals surface area contributed by atoms with Crippen molar-refractivity contribution in [2.24, 2.45) is 5.92 Å². The number of anilines is 1. The van der Waals surface area contributed by atoms with E-state index < -0.39 is 0 Å². The first-order valence-electron chi connectivity index (χ1n) is 9.12. The van der Waals surface area contributed by atoms with Gasteiger partial charge >= 0.3 is 0 Å². The highest BCUT2D eigenvalue weighted by Gasteiger charge is 2.22. The molecule has 5 heteroatoms. The van der Waals surface area contributed by atoms with E-state index in [9.17, 15) is 0 Å². The molecule has 0 radical (unpaired) electrons. The van der Waals surface area contributed by atoms with Crippen LogP contribution in [0.25, 0.3) is 0 Å². The number of likely N-dealkylation sites (tertiary alicyclic amines) is 1. The number of nitrogens with zero attached hydrogens (tertiary/aromatic N) is 3. The molecule has 1 fully saturated rings. The minimum atomic E-state index is 0.612. The molecule has 1 saturated heterocycles. The van der Waals surface area contributed by atoms with Gasteiger partial charge in [-0.15, -0.1) is 0 Å². The third kappa shape index (κ3) is 3.79. The van der Waals surface area contributed by atoms with Gasteiger partial charge in [-0.2, -0.15) is 5.10 Å². The lowest BCUT2D eigenvalue weighted by Gasteiger charge is -2.34. The topological polar surface area (TPSA) is 45.1 Å². The molecule has 4 rings (SSSR count). The lowest BCUT2D eigenvalue weighted by molar-refractivity contribution is 0.179. The molecule has 2 N–H and O–H groups in total. The molecular weight excluding hydrogens is 298 g/mol. The van der Waals surface area contributed by atoms with Crippen LogP contribution in [0.3, 0.4) is 0 Å². The Morgan fingerprint density at radius 1 is 1.17 bits per heavy atom. The van der Waals surface area contributed by atoms with Crippen LogP contribution in [0.1, 0.15) is 18.4 Å². The van der Waals surface area contributed by atoms with Crippen molar-refractivity contribution < 1.29 is 0 Å². The van der Waals surface area contributed by atoms with Crippen LogP contribution in [0.4, 0.5) is 5.82 Å². The number of fused-ring (bicyclic) bond motifs is 1. The molecule has 0 saturated carbocycles. The normalized spacial score (nSPS) is 24.3. The molecule has 5 nitrogen and oxygen atoms in total. The van der Waals surface area contributed by atoms with Crippen LogP contribution in [0.2, 0.25) is 0 Å². The Balaban J connectivity index is 1.25. The molecule has 3 heterocycles. The number of piperidine rings is 1.